The van der Waals surface area contributed by atoms with Gasteiger partial charge in [0.2, 0.25) is 11.8 Å². The Hall–Kier alpha value is -3.10. The standard InChI is InChI=1S/C23H26ClN3O5/c1-14(28)11-25-23(31)16-10-22(30)27(12-16)17-6-8-18(9-7-17)32-13-21(29)26-20-5-3-4-19(24)15(20)2/h3-9,14,16,28H,10-13H2,1-2H3,(H,25,31)(H,26,29)/t14-,16+/m0/s1. The number of aliphatic hydroxyl groups excluding tert-OH is 1. The minimum Gasteiger partial charge on any atom is -0.484 e. The van der Waals surface area contributed by atoms with E-state index < -0.39 is 12.0 Å². The molecule has 0 bridgehead atoms. The summed E-state index contributed by atoms with van der Waals surface area (Å²) in [5.74, 6) is -0.699. The van der Waals surface area contributed by atoms with Crippen molar-refractivity contribution in [1.82, 2.24) is 5.32 Å². The fourth-order valence-electron chi connectivity index (χ4n) is 3.33. The Morgan fingerprint density at radius 2 is 1.97 bits per heavy atom. The number of carbonyl (C=O) groups excluding carboxylic acids is 3. The average Bonchev–Trinajstić information content (AvgIpc) is 3.16. The third kappa shape index (κ3) is 5.99. The quantitative estimate of drug-likeness (QED) is 0.562. The molecule has 0 spiro atoms. The van der Waals surface area contributed by atoms with Gasteiger partial charge in [0, 0.05) is 35.9 Å². The van der Waals surface area contributed by atoms with Crippen molar-refractivity contribution >= 4 is 40.7 Å². The molecular formula is C23H26ClN3O5. The molecule has 170 valence electrons. The third-order valence-corrected chi connectivity index (χ3v) is 5.54. The van der Waals surface area contributed by atoms with E-state index in [2.05, 4.69) is 10.6 Å². The van der Waals surface area contributed by atoms with Crippen LogP contribution < -0.4 is 20.3 Å². The number of ether oxygens (including phenoxy) is 1. The number of rotatable bonds is 8. The second-order valence-electron chi connectivity index (χ2n) is 7.74. The summed E-state index contributed by atoms with van der Waals surface area (Å²) in [7, 11) is 0. The van der Waals surface area contributed by atoms with Crippen LogP contribution in [0.2, 0.25) is 5.02 Å². The number of hydrogen-bond donors (Lipinski definition) is 3. The number of nitrogens with one attached hydrogen (secondary N) is 2. The fourth-order valence-corrected chi connectivity index (χ4v) is 3.50. The summed E-state index contributed by atoms with van der Waals surface area (Å²) in [6.07, 6.45) is -0.524. The van der Waals surface area contributed by atoms with Crippen molar-refractivity contribution in [2.24, 2.45) is 5.92 Å². The SMILES string of the molecule is Cc1c(Cl)cccc1NC(=O)COc1ccc(N2C[C@H](C(=O)NC[C@H](C)O)CC2=O)cc1. The second kappa shape index (κ2) is 10.5. The van der Waals surface area contributed by atoms with Crippen molar-refractivity contribution in [3.05, 3.63) is 53.1 Å². The van der Waals surface area contributed by atoms with E-state index in [0.29, 0.717) is 22.1 Å². The normalized spacial score (nSPS) is 16.6. The molecule has 8 nitrogen and oxygen atoms in total. The predicted molar refractivity (Wildman–Crippen MR) is 122 cm³/mol. The maximum Gasteiger partial charge on any atom is 0.262 e. The number of halogens is 1. The molecule has 3 amide bonds. The minimum absolute atomic E-state index is 0.118. The molecule has 32 heavy (non-hydrogen) atoms. The zero-order valence-corrected chi connectivity index (χ0v) is 18.7. The number of benzene rings is 2. The summed E-state index contributed by atoms with van der Waals surface area (Å²) in [5, 5.41) is 15.3. The third-order valence-electron chi connectivity index (χ3n) is 5.13. The van der Waals surface area contributed by atoms with E-state index in [4.69, 9.17) is 16.3 Å². The van der Waals surface area contributed by atoms with E-state index in [1.165, 1.54) is 0 Å². The van der Waals surface area contributed by atoms with Crippen LogP contribution in [0.4, 0.5) is 11.4 Å². The van der Waals surface area contributed by atoms with Crippen molar-refractivity contribution in [2.45, 2.75) is 26.4 Å². The van der Waals surface area contributed by atoms with Crippen molar-refractivity contribution in [1.29, 1.82) is 0 Å². The highest BCUT2D eigenvalue weighted by atomic mass is 35.5. The summed E-state index contributed by atoms with van der Waals surface area (Å²) < 4.78 is 5.53. The molecule has 1 heterocycles. The molecule has 0 aromatic heterocycles. The van der Waals surface area contributed by atoms with E-state index in [9.17, 15) is 19.5 Å². The molecule has 2 aromatic rings. The smallest absolute Gasteiger partial charge is 0.262 e. The molecular weight excluding hydrogens is 434 g/mol. The average molecular weight is 460 g/mol. The molecule has 9 heteroatoms. The van der Waals surface area contributed by atoms with Gasteiger partial charge in [0.05, 0.1) is 12.0 Å². The first-order valence-corrected chi connectivity index (χ1v) is 10.7. The summed E-state index contributed by atoms with van der Waals surface area (Å²) in [5.41, 5.74) is 2.05. The maximum atomic E-state index is 12.4. The van der Waals surface area contributed by atoms with E-state index in [-0.39, 0.29) is 43.8 Å². The molecule has 0 saturated carbocycles. The zero-order chi connectivity index (χ0) is 23.3. The van der Waals surface area contributed by atoms with Gasteiger partial charge < -0.3 is 25.4 Å². The molecule has 0 radical (unpaired) electrons. The Morgan fingerprint density at radius 3 is 2.66 bits per heavy atom. The van der Waals surface area contributed by atoms with Gasteiger partial charge in [-0.3, -0.25) is 14.4 Å². The van der Waals surface area contributed by atoms with Crippen LogP contribution in [0.25, 0.3) is 0 Å². The van der Waals surface area contributed by atoms with Crippen LogP contribution in [-0.4, -0.2) is 48.6 Å². The lowest BCUT2D eigenvalue weighted by Crippen LogP contribution is -2.36. The number of carbonyl (C=O) groups is 3. The molecule has 1 fully saturated rings. The zero-order valence-electron chi connectivity index (χ0n) is 17.9. The number of amides is 3. The van der Waals surface area contributed by atoms with Gasteiger partial charge in [-0.2, -0.15) is 0 Å². The van der Waals surface area contributed by atoms with Gasteiger partial charge in [-0.25, -0.2) is 0 Å². The lowest BCUT2D eigenvalue weighted by molar-refractivity contribution is -0.126. The highest BCUT2D eigenvalue weighted by Gasteiger charge is 2.35. The monoisotopic (exact) mass is 459 g/mol. The van der Waals surface area contributed by atoms with E-state index in [1.54, 1.807) is 54.3 Å². The van der Waals surface area contributed by atoms with Crippen LogP contribution in [0.1, 0.15) is 18.9 Å². The Labute approximate surface area is 191 Å². The Kier molecular flexibility index (Phi) is 7.71. The van der Waals surface area contributed by atoms with Crippen molar-refractivity contribution in [3.63, 3.8) is 0 Å². The van der Waals surface area contributed by atoms with Crippen LogP contribution >= 0.6 is 11.6 Å². The maximum absolute atomic E-state index is 12.4. The lowest BCUT2D eigenvalue weighted by atomic mass is 10.1. The molecule has 2 atom stereocenters. The van der Waals surface area contributed by atoms with Crippen LogP contribution in [0, 0.1) is 12.8 Å². The molecule has 3 rings (SSSR count). The number of nitrogens with zero attached hydrogens (tertiary/aromatic N) is 1. The van der Waals surface area contributed by atoms with Gasteiger partial charge >= 0.3 is 0 Å². The van der Waals surface area contributed by atoms with Crippen molar-refractivity contribution in [2.75, 3.05) is 29.9 Å². The molecule has 1 aliphatic rings. The Bertz CT molecular complexity index is 994. The molecule has 0 unspecified atom stereocenters. The van der Waals surface area contributed by atoms with Crippen molar-refractivity contribution < 1.29 is 24.2 Å². The van der Waals surface area contributed by atoms with Gasteiger partial charge in [-0.15, -0.1) is 0 Å². The van der Waals surface area contributed by atoms with E-state index in [1.807, 2.05) is 6.92 Å². The highest BCUT2D eigenvalue weighted by Crippen LogP contribution is 2.27. The summed E-state index contributed by atoms with van der Waals surface area (Å²) in [4.78, 5) is 38.3. The number of hydrogen-bond acceptors (Lipinski definition) is 5. The van der Waals surface area contributed by atoms with Crippen LogP contribution in [0.5, 0.6) is 5.75 Å². The predicted octanol–water partition coefficient (Wildman–Crippen LogP) is 2.52. The van der Waals surface area contributed by atoms with Gasteiger partial charge in [-0.05, 0) is 55.8 Å². The topological polar surface area (TPSA) is 108 Å². The largest absolute Gasteiger partial charge is 0.484 e. The molecule has 0 aliphatic carbocycles. The van der Waals surface area contributed by atoms with Gasteiger partial charge in [-0.1, -0.05) is 17.7 Å². The van der Waals surface area contributed by atoms with E-state index >= 15 is 0 Å². The summed E-state index contributed by atoms with van der Waals surface area (Å²) in [6, 6.07) is 12.0. The van der Waals surface area contributed by atoms with Crippen LogP contribution in [-0.2, 0) is 14.4 Å². The minimum atomic E-state index is -0.642. The first-order valence-electron chi connectivity index (χ1n) is 10.3. The number of anilines is 2. The van der Waals surface area contributed by atoms with Crippen LogP contribution in [0.3, 0.4) is 0 Å². The first kappa shape index (κ1) is 23.6. The van der Waals surface area contributed by atoms with Gasteiger partial charge in [0.15, 0.2) is 6.61 Å². The Balaban J connectivity index is 1.52. The lowest BCUT2D eigenvalue weighted by Gasteiger charge is -2.17. The second-order valence-corrected chi connectivity index (χ2v) is 8.15. The number of aliphatic hydroxyl groups is 1. The summed E-state index contributed by atoms with van der Waals surface area (Å²) >= 11 is 6.06. The molecule has 1 saturated heterocycles. The van der Waals surface area contributed by atoms with Crippen LogP contribution in [0.15, 0.2) is 42.5 Å². The summed E-state index contributed by atoms with van der Waals surface area (Å²) in [6.45, 7) is 3.64. The highest BCUT2D eigenvalue weighted by molar-refractivity contribution is 6.31. The van der Waals surface area contributed by atoms with Gasteiger partial charge in [0.1, 0.15) is 5.75 Å². The van der Waals surface area contributed by atoms with Gasteiger partial charge in [0.25, 0.3) is 5.91 Å². The van der Waals surface area contributed by atoms with Crippen molar-refractivity contribution in [3.8, 4) is 5.75 Å². The molecule has 1 aliphatic heterocycles. The fraction of sp³-hybridized carbons (Fsp3) is 0.348. The Morgan fingerprint density at radius 1 is 1.25 bits per heavy atom. The van der Waals surface area contributed by atoms with E-state index in [0.717, 1.165) is 5.56 Å². The molecule has 2 aromatic carbocycles. The first-order chi connectivity index (χ1) is 15.2. The molecule has 3 N–H and O–H groups in total.